The summed E-state index contributed by atoms with van der Waals surface area (Å²) in [4.78, 5) is 32.5. The lowest BCUT2D eigenvalue weighted by Gasteiger charge is -2.29. The minimum atomic E-state index is -2.92. The predicted octanol–water partition coefficient (Wildman–Crippen LogP) is 3.93. The SMILES string of the molecule is CN(C)CCCC(=O)NCC(C)(F)C(=O)N(Cc1ccc(-c2nnc(C(F)F)o2)cn1)c1cccc(F)c1. The van der Waals surface area contributed by atoms with Crippen LogP contribution in [0.2, 0.25) is 0 Å². The Morgan fingerprint density at radius 1 is 1.16 bits per heavy atom. The zero-order valence-electron chi connectivity index (χ0n) is 21.1. The van der Waals surface area contributed by atoms with Crippen molar-refractivity contribution in [2.45, 2.75) is 38.4 Å². The van der Waals surface area contributed by atoms with E-state index in [0.717, 1.165) is 17.9 Å². The second-order valence-corrected chi connectivity index (χ2v) is 9.04. The molecule has 2 amide bonds. The zero-order valence-corrected chi connectivity index (χ0v) is 21.1. The molecule has 1 atom stereocenters. The number of halogens is 4. The van der Waals surface area contributed by atoms with Crippen LogP contribution < -0.4 is 10.2 Å². The van der Waals surface area contributed by atoms with Crippen LogP contribution in [0.15, 0.2) is 47.0 Å². The molecule has 0 saturated carbocycles. The smallest absolute Gasteiger partial charge is 0.314 e. The molecule has 1 unspecified atom stereocenters. The molecule has 0 spiro atoms. The molecule has 0 aliphatic carbocycles. The van der Waals surface area contributed by atoms with Gasteiger partial charge in [-0.05, 0) is 64.3 Å². The number of nitrogens with zero attached hydrogens (tertiary/aromatic N) is 5. The third kappa shape index (κ3) is 7.81. The van der Waals surface area contributed by atoms with E-state index < -0.39 is 42.2 Å². The van der Waals surface area contributed by atoms with Gasteiger partial charge in [0.25, 0.3) is 11.8 Å². The van der Waals surface area contributed by atoms with Crippen LogP contribution in [0, 0.1) is 5.82 Å². The van der Waals surface area contributed by atoms with E-state index in [-0.39, 0.29) is 35.8 Å². The molecule has 0 fully saturated rings. The second kappa shape index (κ2) is 12.6. The van der Waals surface area contributed by atoms with Crippen molar-refractivity contribution in [1.29, 1.82) is 0 Å². The molecule has 0 bridgehead atoms. The number of carbonyl (C=O) groups excluding carboxylic acids is 2. The maximum atomic E-state index is 15.6. The number of amides is 2. The molecule has 0 aliphatic heterocycles. The van der Waals surface area contributed by atoms with Crippen molar-refractivity contribution in [3.8, 4) is 11.5 Å². The molecule has 0 aliphatic rings. The number of aromatic nitrogens is 3. The number of hydrogen-bond donors (Lipinski definition) is 1. The largest absolute Gasteiger partial charge is 0.415 e. The Morgan fingerprint density at radius 2 is 1.92 bits per heavy atom. The topological polar surface area (TPSA) is 104 Å². The fourth-order valence-electron chi connectivity index (χ4n) is 3.44. The van der Waals surface area contributed by atoms with Crippen molar-refractivity contribution in [3.63, 3.8) is 0 Å². The fourth-order valence-corrected chi connectivity index (χ4v) is 3.44. The molecule has 0 radical (unpaired) electrons. The highest BCUT2D eigenvalue weighted by atomic mass is 19.3. The van der Waals surface area contributed by atoms with Crippen LogP contribution in [0.4, 0.5) is 23.2 Å². The highest BCUT2D eigenvalue weighted by Gasteiger charge is 2.38. The summed E-state index contributed by atoms with van der Waals surface area (Å²) in [7, 11) is 3.74. The summed E-state index contributed by atoms with van der Waals surface area (Å²) in [5, 5.41) is 9.26. The molecule has 13 heteroatoms. The first-order valence-corrected chi connectivity index (χ1v) is 11.7. The van der Waals surface area contributed by atoms with E-state index in [1.165, 1.54) is 36.5 Å². The Bertz CT molecular complexity index is 1230. The Hall–Kier alpha value is -3.87. The number of benzene rings is 1. The van der Waals surface area contributed by atoms with Crippen LogP contribution in [0.1, 0.15) is 37.8 Å². The normalized spacial score (nSPS) is 13.0. The van der Waals surface area contributed by atoms with E-state index in [9.17, 15) is 22.8 Å². The molecule has 2 heterocycles. The van der Waals surface area contributed by atoms with Crippen molar-refractivity contribution < 1.29 is 31.6 Å². The van der Waals surface area contributed by atoms with E-state index in [0.29, 0.717) is 13.0 Å². The minimum Gasteiger partial charge on any atom is -0.415 e. The third-order valence-electron chi connectivity index (χ3n) is 5.46. The van der Waals surface area contributed by atoms with Crippen molar-refractivity contribution in [1.82, 2.24) is 25.4 Å². The lowest BCUT2D eigenvalue weighted by molar-refractivity contribution is -0.130. The molecule has 1 aromatic carbocycles. The first kappa shape index (κ1) is 28.7. The Labute approximate surface area is 216 Å². The van der Waals surface area contributed by atoms with Crippen LogP contribution >= 0.6 is 0 Å². The fraction of sp³-hybridized carbons (Fsp3) is 0.400. The summed E-state index contributed by atoms with van der Waals surface area (Å²) < 4.78 is 59.9. The van der Waals surface area contributed by atoms with Gasteiger partial charge in [0.05, 0.1) is 24.3 Å². The summed E-state index contributed by atoms with van der Waals surface area (Å²) in [5.74, 6) is -3.05. The number of nitrogens with one attached hydrogen (secondary N) is 1. The highest BCUT2D eigenvalue weighted by molar-refractivity contribution is 5.99. The third-order valence-corrected chi connectivity index (χ3v) is 5.46. The molecule has 1 N–H and O–H groups in total. The van der Waals surface area contributed by atoms with Gasteiger partial charge in [-0.1, -0.05) is 6.07 Å². The Kier molecular flexibility index (Phi) is 9.50. The molecular formula is C25H28F4N6O3. The zero-order chi connectivity index (χ0) is 27.9. The number of carbonyl (C=O) groups is 2. The van der Waals surface area contributed by atoms with E-state index in [1.54, 1.807) is 0 Å². The van der Waals surface area contributed by atoms with Gasteiger partial charge in [0.2, 0.25) is 17.5 Å². The van der Waals surface area contributed by atoms with Gasteiger partial charge in [-0.3, -0.25) is 14.6 Å². The van der Waals surface area contributed by atoms with Crippen LogP contribution in [0.5, 0.6) is 0 Å². The first-order valence-electron chi connectivity index (χ1n) is 11.7. The molecule has 2 aromatic heterocycles. The number of alkyl halides is 3. The van der Waals surface area contributed by atoms with Crippen LogP contribution in [0.25, 0.3) is 11.5 Å². The molecule has 3 rings (SSSR count). The van der Waals surface area contributed by atoms with Gasteiger partial charge in [0.15, 0.2) is 0 Å². The molecule has 9 nitrogen and oxygen atoms in total. The number of anilines is 1. The summed E-state index contributed by atoms with van der Waals surface area (Å²) >= 11 is 0. The van der Waals surface area contributed by atoms with Gasteiger partial charge in [0, 0.05) is 18.3 Å². The summed E-state index contributed by atoms with van der Waals surface area (Å²) in [5.41, 5.74) is -1.90. The molecule has 3 aromatic rings. The lowest BCUT2D eigenvalue weighted by Crippen LogP contribution is -2.50. The lowest BCUT2D eigenvalue weighted by atomic mass is 10.1. The average molecular weight is 537 g/mol. The second-order valence-electron chi connectivity index (χ2n) is 9.04. The summed E-state index contributed by atoms with van der Waals surface area (Å²) in [6.07, 6.45) is -0.910. The maximum absolute atomic E-state index is 15.6. The number of pyridine rings is 1. The van der Waals surface area contributed by atoms with Gasteiger partial charge in [-0.25, -0.2) is 8.78 Å². The van der Waals surface area contributed by atoms with Gasteiger partial charge in [0.1, 0.15) is 5.82 Å². The maximum Gasteiger partial charge on any atom is 0.314 e. The quantitative estimate of drug-likeness (QED) is 0.350. The van der Waals surface area contributed by atoms with E-state index in [1.807, 2.05) is 19.0 Å². The first-order chi connectivity index (χ1) is 18.0. The Morgan fingerprint density at radius 3 is 2.53 bits per heavy atom. The van der Waals surface area contributed by atoms with Gasteiger partial charge < -0.3 is 19.5 Å². The average Bonchev–Trinajstić information content (AvgIpc) is 3.37. The van der Waals surface area contributed by atoms with Crippen molar-refractivity contribution >= 4 is 17.5 Å². The van der Waals surface area contributed by atoms with Gasteiger partial charge in [-0.15, -0.1) is 10.2 Å². The van der Waals surface area contributed by atoms with Gasteiger partial charge in [-0.2, -0.15) is 8.78 Å². The van der Waals surface area contributed by atoms with Crippen LogP contribution in [-0.4, -0.2) is 64.7 Å². The number of rotatable bonds is 12. The van der Waals surface area contributed by atoms with Gasteiger partial charge >= 0.3 is 6.43 Å². The van der Waals surface area contributed by atoms with Crippen LogP contribution in [0.3, 0.4) is 0 Å². The monoisotopic (exact) mass is 536 g/mol. The van der Waals surface area contributed by atoms with Crippen molar-refractivity contribution in [2.24, 2.45) is 0 Å². The van der Waals surface area contributed by atoms with E-state index >= 15 is 4.39 Å². The predicted molar refractivity (Wildman–Crippen MR) is 130 cm³/mol. The number of hydrogen-bond acceptors (Lipinski definition) is 7. The van der Waals surface area contributed by atoms with E-state index in [4.69, 9.17) is 4.42 Å². The standard InChI is InChI=1S/C25H28F4N6O3/c1-25(29,15-31-20(36)8-5-11-34(2)3)24(37)35(19-7-4-6-17(26)12-19)14-18-10-9-16(13-30-18)22-32-33-23(38-22)21(27)28/h4,6-7,9-10,12-13,21H,5,8,11,14-15H2,1-3H3,(H,31,36). The van der Waals surface area contributed by atoms with Crippen molar-refractivity contribution in [2.75, 3.05) is 32.1 Å². The summed E-state index contributed by atoms with van der Waals surface area (Å²) in [6.45, 7) is 0.895. The summed E-state index contributed by atoms with van der Waals surface area (Å²) in [6, 6.07) is 7.99. The molecule has 0 saturated heterocycles. The van der Waals surface area contributed by atoms with Crippen molar-refractivity contribution in [3.05, 3.63) is 60.0 Å². The molecule has 204 valence electrons. The Balaban J connectivity index is 1.76. The van der Waals surface area contributed by atoms with E-state index in [2.05, 4.69) is 20.5 Å². The molecule has 38 heavy (non-hydrogen) atoms. The molecular weight excluding hydrogens is 508 g/mol. The van der Waals surface area contributed by atoms with Crippen LogP contribution in [-0.2, 0) is 16.1 Å². The minimum absolute atomic E-state index is 0.0838. The highest BCUT2D eigenvalue weighted by Crippen LogP contribution is 2.26.